The van der Waals surface area contributed by atoms with Gasteiger partial charge in [0.2, 0.25) is 0 Å². The van der Waals surface area contributed by atoms with Gasteiger partial charge in [-0.1, -0.05) is 0 Å². The fourth-order valence-electron chi connectivity index (χ4n) is 0.810. The molecule has 0 aromatic heterocycles. The molecular weight excluding hydrogens is 118 g/mol. The quantitative estimate of drug-likeness (QED) is 0.533. The van der Waals surface area contributed by atoms with Gasteiger partial charge < -0.3 is 15.2 Å². The highest BCUT2D eigenvalue weighted by Gasteiger charge is 2.17. The van der Waals surface area contributed by atoms with Crippen molar-refractivity contribution in [2.75, 3.05) is 19.8 Å². The number of rotatable bonds is 1. The van der Waals surface area contributed by atoms with E-state index in [4.69, 9.17) is 15.2 Å². The highest BCUT2D eigenvalue weighted by molar-refractivity contribution is 4.69. The van der Waals surface area contributed by atoms with Gasteiger partial charge in [0.05, 0.1) is 25.9 Å². The van der Waals surface area contributed by atoms with E-state index in [1.807, 2.05) is 6.92 Å². The summed E-state index contributed by atoms with van der Waals surface area (Å²) in [6.07, 6.45) is 0.110. The highest BCUT2D eigenvalue weighted by atomic mass is 16.6. The molecule has 1 saturated heterocycles. The van der Waals surface area contributed by atoms with Crippen LogP contribution in [0.4, 0.5) is 0 Å². The number of nitrogens with two attached hydrogens (primary N) is 1. The van der Waals surface area contributed by atoms with E-state index in [2.05, 4.69) is 0 Å². The molecule has 3 nitrogen and oxygen atoms in total. The summed E-state index contributed by atoms with van der Waals surface area (Å²) in [5, 5.41) is 0. The van der Waals surface area contributed by atoms with E-state index in [0.717, 1.165) is 0 Å². The van der Waals surface area contributed by atoms with Crippen LogP contribution in [0.2, 0.25) is 0 Å². The number of ether oxygens (including phenoxy) is 2. The summed E-state index contributed by atoms with van der Waals surface area (Å²) in [5.74, 6) is 0. The van der Waals surface area contributed by atoms with Gasteiger partial charge in [0, 0.05) is 6.04 Å². The molecule has 2 atom stereocenters. The molecule has 0 unspecified atom stereocenters. The van der Waals surface area contributed by atoms with E-state index >= 15 is 0 Å². The van der Waals surface area contributed by atoms with E-state index in [0.29, 0.717) is 19.8 Å². The van der Waals surface area contributed by atoms with E-state index in [9.17, 15) is 0 Å². The van der Waals surface area contributed by atoms with E-state index in [1.54, 1.807) is 0 Å². The van der Waals surface area contributed by atoms with Crippen molar-refractivity contribution >= 4 is 0 Å². The van der Waals surface area contributed by atoms with Gasteiger partial charge in [-0.15, -0.1) is 0 Å². The van der Waals surface area contributed by atoms with Gasteiger partial charge in [-0.2, -0.15) is 0 Å². The molecule has 0 bridgehead atoms. The third-order valence-corrected chi connectivity index (χ3v) is 1.43. The minimum Gasteiger partial charge on any atom is -0.376 e. The Hall–Kier alpha value is -0.120. The zero-order valence-electron chi connectivity index (χ0n) is 5.67. The van der Waals surface area contributed by atoms with Crippen molar-refractivity contribution in [3.8, 4) is 0 Å². The maximum Gasteiger partial charge on any atom is 0.0957 e. The Balaban J connectivity index is 2.23. The second kappa shape index (κ2) is 3.15. The fourth-order valence-corrected chi connectivity index (χ4v) is 0.810. The maximum atomic E-state index is 5.56. The molecule has 3 heteroatoms. The van der Waals surface area contributed by atoms with Crippen LogP contribution in [0.3, 0.4) is 0 Å². The summed E-state index contributed by atoms with van der Waals surface area (Å²) < 4.78 is 10.4. The van der Waals surface area contributed by atoms with Crippen LogP contribution in [0.5, 0.6) is 0 Å². The van der Waals surface area contributed by atoms with Gasteiger partial charge in [0.15, 0.2) is 0 Å². The van der Waals surface area contributed by atoms with Crippen molar-refractivity contribution in [1.29, 1.82) is 0 Å². The Morgan fingerprint density at radius 2 is 2.33 bits per heavy atom. The van der Waals surface area contributed by atoms with Gasteiger partial charge in [-0.3, -0.25) is 0 Å². The van der Waals surface area contributed by atoms with Crippen LogP contribution in [-0.4, -0.2) is 32.0 Å². The Morgan fingerprint density at radius 1 is 1.56 bits per heavy atom. The first-order chi connectivity index (χ1) is 4.30. The first-order valence-electron chi connectivity index (χ1n) is 3.25. The molecule has 54 valence electrons. The third-order valence-electron chi connectivity index (χ3n) is 1.43. The average Bonchev–Trinajstić information content (AvgIpc) is 1.90. The molecule has 0 amide bonds. The Kier molecular flexibility index (Phi) is 2.45. The Labute approximate surface area is 55.1 Å². The SMILES string of the molecule is C[C@H](N)[C@@H]1COCCO1. The van der Waals surface area contributed by atoms with Gasteiger partial charge in [0.25, 0.3) is 0 Å². The zero-order chi connectivity index (χ0) is 6.69. The molecule has 0 saturated carbocycles. The smallest absolute Gasteiger partial charge is 0.0957 e. The summed E-state index contributed by atoms with van der Waals surface area (Å²) in [6, 6.07) is 0.0882. The van der Waals surface area contributed by atoms with Gasteiger partial charge in [-0.25, -0.2) is 0 Å². The predicted molar refractivity (Wildman–Crippen MR) is 34.2 cm³/mol. The highest BCUT2D eigenvalue weighted by Crippen LogP contribution is 2.02. The molecule has 0 aromatic rings. The molecule has 1 aliphatic heterocycles. The van der Waals surface area contributed by atoms with Gasteiger partial charge >= 0.3 is 0 Å². The van der Waals surface area contributed by atoms with Crippen molar-refractivity contribution in [2.24, 2.45) is 5.73 Å². The van der Waals surface area contributed by atoms with Crippen LogP contribution in [0.1, 0.15) is 6.92 Å². The Morgan fingerprint density at radius 3 is 2.67 bits per heavy atom. The molecule has 1 fully saturated rings. The lowest BCUT2D eigenvalue weighted by Gasteiger charge is -2.25. The molecule has 9 heavy (non-hydrogen) atoms. The van der Waals surface area contributed by atoms with E-state index in [-0.39, 0.29) is 12.1 Å². The van der Waals surface area contributed by atoms with Crippen LogP contribution in [0.15, 0.2) is 0 Å². The van der Waals surface area contributed by atoms with Crippen LogP contribution in [0, 0.1) is 0 Å². The normalized spacial score (nSPS) is 32.0. The second-order valence-corrected chi connectivity index (χ2v) is 2.34. The molecule has 2 N–H and O–H groups in total. The number of hydrogen-bond acceptors (Lipinski definition) is 3. The molecule has 0 aromatic carbocycles. The average molecular weight is 131 g/mol. The largest absolute Gasteiger partial charge is 0.376 e. The second-order valence-electron chi connectivity index (χ2n) is 2.34. The first-order valence-corrected chi connectivity index (χ1v) is 3.25. The molecule has 1 heterocycles. The van der Waals surface area contributed by atoms with Crippen molar-refractivity contribution in [2.45, 2.75) is 19.1 Å². The molecule has 0 radical (unpaired) electrons. The molecule has 0 spiro atoms. The van der Waals surface area contributed by atoms with Crippen LogP contribution < -0.4 is 5.73 Å². The topological polar surface area (TPSA) is 44.5 Å². The van der Waals surface area contributed by atoms with Crippen molar-refractivity contribution in [3.05, 3.63) is 0 Å². The first kappa shape index (κ1) is 6.99. The third kappa shape index (κ3) is 1.93. The lowest BCUT2D eigenvalue weighted by molar-refractivity contribution is -0.0948. The summed E-state index contributed by atoms with van der Waals surface area (Å²) in [4.78, 5) is 0. The van der Waals surface area contributed by atoms with Crippen molar-refractivity contribution in [3.63, 3.8) is 0 Å². The Bertz CT molecular complexity index is 79.1. The van der Waals surface area contributed by atoms with Gasteiger partial charge in [0.1, 0.15) is 0 Å². The molecular formula is C6H13NO2. The minimum atomic E-state index is 0.0882. The van der Waals surface area contributed by atoms with Crippen molar-refractivity contribution in [1.82, 2.24) is 0 Å². The van der Waals surface area contributed by atoms with Crippen molar-refractivity contribution < 1.29 is 9.47 Å². The molecule has 1 rings (SSSR count). The standard InChI is InChI=1S/C6H13NO2/c1-5(7)6-4-8-2-3-9-6/h5-6H,2-4,7H2,1H3/t5-,6-/m0/s1. The summed E-state index contributed by atoms with van der Waals surface area (Å²) in [5.41, 5.74) is 5.56. The zero-order valence-corrected chi connectivity index (χ0v) is 5.67. The number of hydrogen-bond donors (Lipinski definition) is 1. The minimum absolute atomic E-state index is 0.0882. The maximum absolute atomic E-state index is 5.56. The molecule has 1 aliphatic rings. The predicted octanol–water partition coefficient (Wildman–Crippen LogP) is -0.251. The van der Waals surface area contributed by atoms with E-state index in [1.165, 1.54) is 0 Å². The summed E-state index contributed by atoms with van der Waals surface area (Å²) in [6.45, 7) is 3.98. The van der Waals surface area contributed by atoms with Crippen LogP contribution >= 0.6 is 0 Å². The molecule has 0 aliphatic carbocycles. The van der Waals surface area contributed by atoms with Gasteiger partial charge in [-0.05, 0) is 6.92 Å². The fraction of sp³-hybridized carbons (Fsp3) is 1.00. The lowest BCUT2D eigenvalue weighted by Crippen LogP contribution is -2.41. The summed E-state index contributed by atoms with van der Waals surface area (Å²) >= 11 is 0. The van der Waals surface area contributed by atoms with Crippen LogP contribution in [0.25, 0.3) is 0 Å². The lowest BCUT2D eigenvalue weighted by atomic mass is 10.2. The van der Waals surface area contributed by atoms with Crippen LogP contribution in [-0.2, 0) is 9.47 Å². The van der Waals surface area contributed by atoms with E-state index < -0.39 is 0 Å². The summed E-state index contributed by atoms with van der Waals surface area (Å²) in [7, 11) is 0. The monoisotopic (exact) mass is 131 g/mol.